The molecule has 2 saturated heterocycles. The van der Waals surface area contributed by atoms with Crippen molar-refractivity contribution in [2.24, 2.45) is 17.8 Å². The first-order valence-corrected chi connectivity index (χ1v) is 8.58. The Bertz CT molecular complexity index is 651. The number of para-hydroxylation sites is 1. The van der Waals surface area contributed by atoms with E-state index in [0.717, 1.165) is 6.42 Å². The maximum Gasteiger partial charge on any atom is 0.238 e. The molecule has 2 heterocycles. The van der Waals surface area contributed by atoms with Crippen LogP contribution in [0.25, 0.3) is 0 Å². The molecule has 0 radical (unpaired) electrons. The first-order chi connectivity index (χ1) is 11.8. The summed E-state index contributed by atoms with van der Waals surface area (Å²) in [7, 11) is 0. The van der Waals surface area contributed by atoms with E-state index in [0.29, 0.717) is 31.7 Å². The van der Waals surface area contributed by atoms with Crippen LogP contribution >= 0.6 is 0 Å². The average Bonchev–Trinajstić information content (AvgIpc) is 2.88. The zero-order valence-electron chi connectivity index (χ0n) is 13.5. The minimum atomic E-state index is -0.308. The van der Waals surface area contributed by atoms with E-state index < -0.39 is 0 Å². The van der Waals surface area contributed by atoms with Gasteiger partial charge in [0.2, 0.25) is 11.8 Å². The number of anilines is 1. The van der Waals surface area contributed by atoms with Crippen LogP contribution in [0.15, 0.2) is 42.5 Å². The number of ether oxygens (including phenoxy) is 2. The molecule has 4 rings (SSSR count). The molecule has 1 aliphatic carbocycles. The van der Waals surface area contributed by atoms with Crippen LogP contribution in [0.4, 0.5) is 5.69 Å². The summed E-state index contributed by atoms with van der Waals surface area (Å²) in [4.78, 5) is 27.1. The monoisotopic (exact) mass is 327 g/mol. The van der Waals surface area contributed by atoms with Crippen LogP contribution in [0.2, 0.25) is 0 Å². The van der Waals surface area contributed by atoms with Gasteiger partial charge in [0, 0.05) is 6.42 Å². The fraction of sp³-hybridized carbons (Fsp3) is 0.474. The van der Waals surface area contributed by atoms with Crippen molar-refractivity contribution in [3.05, 3.63) is 42.5 Å². The second kappa shape index (κ2) is 6.49. The summed E-state index contributed by atoms with van der Waals surface area (Å²) in [6.07, 6.45) is 5.96. The van der Waals surface area contributed by atoms with Crippen LogP contribution in [0.3, 0.4) is 0 Å². The van der Waals surface area contributed by atoms with Crippen molar-refractivity contribution in [1.82, 2.24) is 0 Å². The number of fused-ring (bicyclic) bond motifs is 1. The Hall–Kier alpha value is -1.98. The van der Waals surface area contributed by atoms with E-state index in [4.69, 9.17) is 9.47 Å². The maximum atomic E-state index is 13.0. The minimum Gasteiger partial charge on any atom is -0.353 e. The largest absolute Gasteiger partial charge is 0.353 e. The molecule has 3 aliphatic rings. The molecule has 5 nitrogen and oxygen atoms in total. The number of hydrogen-bond donors (Lipinski definition) is 0. The van der Waals surface area contributed by atoms with Crippen molar-refractivity contribution in [2.45, 2.75) is 25.6 Å². The quantitative estimate of drug-likeness (QED) is 0.632. The van der Waals surface area contributed by atoms with E-state index in [1.165, 1.54) is 4.90 Å². The molecule has 1 aromatic carbocycles. The van der Waals surface area contributed by atoms with E-state index in [2.05, 4.69) is 6.08 Å². The van der Waals surface area contributed by atoms with Crippen molar-refractivity contribution < 1.29 is 19.1 Å². The zero-order chi connectivity index (χ0) is 16.5. The second-order valence-electron chi connectivity index (χ2n) is 6.57. The summed E-state index contributed by atoms with van der Waals surface area (Å²) < 4.78 is 11.3. The predicted octanol–water partition coefficient (Wildman–Crippen LogP) is 2.52. The van der Waals surface area contributed by atoms with E-state index in [9.17, 15) is 9.59 Å². The molecule has 0 spiro atoms. The van der Waals surface area contributed by atoms with Crippen LogP contribution in [0.1, 0.15) is 19.3 Å². The van der Waals surface area contributed by atoms with Gasteiger partial charge in [-0.1, -0.05) is 30.4 Å². The molecule has 2 amide bonds. The summed E-state index contributed by atoms with van der Waals surface area (Å²) >= 11 is 0. The molecule has 126 valence electrons. The van der Waals surface area contributed by atoms with Crippen molar-refractivity contribution >= 4 is 17.5 Å². The Balaban J connectivity index is 1.57. The van der Waals surface area contributed by atoms with E-state index >= 15 is 0 Å². The van der Waals surface area contributed by atoms with Crippen molar-refractivity contribution in [3.8, 4) is 0 Å². The first kappa shape index (κ1) is 15.5. The van der Waals surface area contributed by atoms with Gasteiger partial charge in [0.25, 0.3) is 0 Å². The van der Waals surface area contributed by atoms with Crippen LogP contribution in [0, 0.1) is 17.8 Å². The molecule has 1 aromatic rings. The lowest BCUT2D eigenvalue weighted by molar-refractivity contribution is -0.187. The fourth-order valence-electron chi connectivity index (χ4n) is 3.95. The average molecular weight is 327 g/mol. The number of benzene rings is 1. The lowest BCUT2D eigenvalue weighted by Crippen LogP contribution is -2.35. The molecule has 0 aromatic heterocycles. The molecule has 2 fully saturated rings. The fourth-order valence-corrected chi connectivity index (χ4v) is 3.95. The Labute approximate surface area is 141 Å². The topological polar surface area (TPSA) is 55.8 Å². The second-order valence-corrected chi connectivity index (χ2v) is 6.57. The van der Waals surface area contributed by atoms with Crippen molar-refractivity contribution in [1.29, 1.82) is 0 Å². The van der Waals surface area contributed by atoms with Crippen molar-refractivity contribution in [2.75, 3.05) is 18.1 Å². The molecule has 0 bridgehead atoms. The third kappa shape index (κ3) is 2.68. The Morgan fingerprint density at radius 1 is 1.04 bits per heavy atom. The molecule has 0 saturated carbocycles. The predicted molar refractivity (Wildman–Crippen MR) is 88.1 cm³/mol. The number of nitrogens with zero attached hydrogens (tertiary/aromatic N) is 1. The number of carbonyl (C=O) groups is 2. The molecule has 3 atom stereocenters. The van der Waals surface area contributed by atoms with E-state index in [1.54, 1.807) is 0 Å². The SMILES string of the molecule is O=C1[C@H]2[C@@H](CC3OCCCO3)C=CC[C@H]2C(=O)N1c1ccccc1. The number of imide groups is 1. The van der Waals surface area contributed by atoms with Crippen LogP contribution < -0.4 is 4.90 Å². The number of hydrogen-bond acceptors (Lipinski definition) is 4. The van der Waals surface area contributed by atoms with Gasteiger partial charge in [0.15, 0.2) is 6.29 Å². The van der Waals surface area contributed by atoms with Crippen LogP contribution in [-0.2, 0) is 19.1 Å². The molecule has 5 heteroatoms. The summed E-state index contributed by atoms with van der Waals surface area (Å²) in [5.74, 6) is -0.775. The molecule has 0 unspecified atom stereocenters. The standard InChI is InChI=1S/C19H21NO4/c21-18-15-9-4-6-13(12-16-23-10-5-11-24-16)17(15)19(22)20(18)14-7-2-1-3-8-14/h1-4,6-8,13,15-17H,5,9-12H2/t13-,15-,17+/m1/s1. The smallest absolute Gasteiger partial charge is 0.238 e. The molecule has 0 N–H and O–H groups in total. The highest BCUT2D eigenvalue weighted by molar-refractivity contribution is 6.22. The Morgan fingerprint density at radius 3 is 2.54 bits per heavy atom. The highest BCUT2D eigenvalue weighted by atomic mass is 16.7. The number of allylic oxidation sites excluding steroid dienone is 2. The van der Waals surface area contributed by atoms with Gasteiger partial charge >= 0.3 is 0 Å². The number of carbonyl (C=O) groups excluding carboxylic acids is 2. The molecule has 24 heavy (non-hydrogen) atoms. The van der Waals surface area contributed by atoms with Crippen LogP contribution in [-0.4, -0.2) is 31.3 Å². The number of amides is 2. The third-order valence-electron chi connectivity index (χ3n) is 5.09. The lowest BCUT2D eigenvalue weighted by atomic mass is 9.76. The van der Waals surface area contributed by atoms with Gasteiger partial charge in [-0.15, -0.1) is 0 Å². The Morgan fingerprint density at radius 2 is 1.79 bits per heavy atom. The molecule has 2 aliphatic heterocycles. The van der Waals surface area contributed by atoms with Gasteiger partial charge in [-0.2, -0.15) is 0 Å². The van der Waals surface area contributed by atoms with Crippen LogP contribution in [0.5, 0.6) is 0 Å². The normalized spacial score (nSPS) is 30.7. The summed E-state index contributed by atoms with van der Waals surface area (Å²) in [5.41, 5.74) is 0.658. The van der Waals surface area contributed by atoms with Gasteiger partial charge in [0.1, 0.15) is 0 Å². The third-order valence-corrected chi connectivity index (χ3v) is 5.09. The van der Waals surface area contributed by atoms with Gasteiger partial charge in [0.05, 0.1) is 30.7 Å². The van der Waals surface area contributed by atoms with Gasteiger partial charge in [-0.25, -0.2) is 0 Å². The summed E-state index contributed by atoms with van der Waals surface area (Å²) in [6.45, 7) is 1.39. The maximum absolute atomic E-state index is 13.0. The van der Waals surface area contributed by atoms with E-state index in [-0.39, 0.29) is 35.9 Å². The van der Waals surface area contributed by atoms with Crippen molar-refractivity contribution in [3.63, 3.8) is 0 Å². The summed E-state index contributed by atoms with van der Waals surface area (Å²) in [5, 5.41) is 0. The lowest BCUT2D eigenvalue weighted by Gasteiger charge is -2.31. The summed E-state index contributed by atoms with van der Waals surface area (Å²) in [6, 6.07) is 9.18. The highest BCUT2D eigenvalue weighted by Crippen LogP contribution is 2.42. The first-order valence-electron chi connectivity index (χ1n) is 8.58. The zero-order valence-corrected chi connectivity index (χ0v) is 13.5. The Kier molecular flexibility index (Phi) is 4.21. The minimum absolute atomic E-state index is 0.0167. The van der Waals surface area contributed by atoms with Gasteiger partial charge in [-0.3, -0.25) is 14.5 Å². The molecular formula is C19H21NO4. The van der Waals surface area contributed by atoms with E-state index in [1.807, 2.05) is 36.4 Å². The van der Waals surface area contributed by atoms with Gasteiger partial charge in [-0.05, 0) is 30.9 Å². The molecular weight excluding hydrogens is 306 g/mol. The van der Waals surface area contributed by atoms with Gasteiger partial charge < -0.3 is 9.47 Å². The highest BCUT2D eigenvalue weighted by Gasteiger charge is 2.51. The number of rotatable bonds is 3.